The molecule has 170 valence electrons. The van der Waals surface area contributed by atoms with Crippen molar-refractivity contribution in [1.29, 1.82) is 0 Å². The van der Waals surface area contributed by atoms with Crippen molar-refractivity contribution in [3.8, 4) is 0 Å². The summed E-state index contributed by atoms with van der Waals surface area (Å²) in [7, 11) is 0. The van der Waals surface area contributed by atoms with Crippen molar-refractivity contribution in [3.63, 3.8) is 0 Å². The molecule has 4 N–H and O–H groups in total. The van der Waals surface area contributed by atoms with Crippen LogP contribution in [0.4, 0.5) is 27.5 Å². The second kappa shape index (κ2) is 10.2. The maximum absolute atomic E-state index is 12.7. The maximum Gasteiger partial charge on any atom is 0.323 e. The van der Waals surface area contributed by atoms with Gasteiger partial charge in [0.05, 0.1) is 6.26 Å². The molecule has 0 spiro atoms. The standard InChI is InChI=1S/C26H22N4O4/c1-17-9-10-18(16-22(17)30-25(32)23-8-5-15-34-23)24(31)27-20-11-13-21(14-12-20)29-26(33)28-19-6-3-2-4-7-19/h2-16H,1H3,(H,27,31)(H,30,32)(H2,28,29,33). The van der Waals surface area contributed by atoms with Crippen LogP contribution in [0.3, 0.4) is 0 Å². The van der Waals surface area contributed by atoms with Crippen LogP contribution in [-0.4, -0.2) is 17.8 Å². The molecule has 4 rings (SSSR count). The number of amides is 4. The van der Waals surface area contributed by atoms with Gasteiger partial charge in [-0.25, -0.2) is 4.79 Å². The predicted molar refractivity (Wildman–Crippen MR) is 131 cm³/mol. The third kappa shape index (κ3) is 5.68. The second-order valence-corrected chi connectivity index (χ2v) is 7.44. The lowest BCUT2D eigenvalue weighted by molar-refractivity contribution is 0.0993. The molecule has 0 unspecified atom stereocenters. The van der Waals surface area contributed by atoms with Crippen LogP contribution >= 0.6 is 0 Å². The van der Waals surface area contributed by atoms with E-state index < -0.39 is 5.91 Å². The van der Waals surface area contributed by atoms with Crippen LogP contribution in [0.2, 0.25) is 0 Å². The Hall–Kier alpha value is -4.85. The number of hydrogen-bond acceptors (Lipinski definition) is 4. The van der Waals surface area contributed by atoms with Crippen LogP contribution in [0.1, 0.15) is 26.5 Å². The molecule has 0 aliphatic carbocycles. The van der Waals surface area contributed by atoms with Crippen LogP contribution in [-0.2, 0) is 0 Å². The van der Waals surface area contributed by atoms with E-state index >= 15 is 0 Å². The second-order valence-electron chi connectivity index (χ2n) is 7.44. The first-order valence-electron chi connectivity index (χ1n) is 10.5. The van der Waals surface area contributed by atoms with Crippen LogP contribution in [0.25, 0.3) is 0 Å². The monoisotopic (exact) mass is 454 g/mol. The summed E-state index contributed by atoms with van der Waals surface area (Å²) in [4.78, 5) is 37.1. The SMILES string of the molecule is Cc1ccc(C(=O)Nc2ccc(NC(=O)Nc3ccccc3)cc2)cc1NC(=O)c1ccco1. The zero-order valence-corrected chi connectivity index (χ0v) is 18.3. The average Bonchev–Trinajstić information content (AvgIpc) is 3.37. The fourth-order valence-electron chi connectivity index (χ4n) is 3.14. The highest BCUT2D eigenvalue weighted by atomic mass is 16.3. The van der Waals surface area contributed by atoms with E-state index in [-0.39, 0.29) is 17.7 Å². The van der Waals surface area contributed by atoms with E-state index in [0.29, 0.717) is 28.3 Å². The van der Waals surface area contributed by atoms with E-state index in [1.807, 2.05) is 25.1 Å². The highest BCUT2D eigenvalue weighted by Gasteiger charge is 2.13. The van der Waals surface area contributed by atoms with Gasteiger partial charge in [-0.2, -0.15) is 0 Å². The topological polar surface area (TPSA) is 112 Å². The molecular weight excluding hydrogens is 432 g/mol. The number of anilines is 4. The molecule has 0 fully saturated rings. The smallest absolute Gasteiger partial charge is 0.323 e. The minimum atomic E-state index is -0.398. The summed E-state index contributed by atoms with van der Waals surface area (Å²) in [5, 5.41) is 11.0. The fourth-order valence-corrected chi connectivity index (χ4v) is 3.14. The van der Waals surface area contributed by atoms with E-state index in [0.717, 1.165) is 5.56 Å². The summed E-state index contributed by atoms with van der Waals surface area (Å²) in [6.45, 7) is 1.83. The van der Waals surface area contributed by atoms with E-state index in [1.165, 1.54) is 6.26 Å². The number of carbonyl (C=O) groups excluding carboxylic acids is 3. The van der Waals surface area contributed by atoms with E-state index in [9.17, 15) is 14.4 Å². The van der Waals surface area contributed by atoms with Gasteiger partial charge in [-0.15, -0.1) is 0 Å². The summed E-state index contributed by atoms with van der Waals surface area (Å²) < 4.78 is 5.11. The van der Waals surface area contributed by atoms with Crippen molar-refractivity contribution in [2.75, 3.05) is 21.3 Å². The molecule has 0 bridgehead atoms. The van der Waals surface area contributed by atoms with Gasteiger partial charge >= 0.3 is 6.03 Å². The number of aryl methyl sites for hydroxylation is 1. The molecule has 3 aromatic carbocycles. The molecule has 8 heteroatoms. The van der Waals surface area contributed by atoms with Crippen molar-refractivity contribution in [1.82, 2.24) is 0 Å². The third-order valence-corrected chi connectivity index (χ3v) is 4.93. The Morgan fingerprint density at radius 3 is 1.94 bits per heavy atom. The number of benzene rings is 3. The Morgan fingerprint density at radius 2 is 1.29 bits per heavy atom. The lowest BCUT2D eigenvalue weighted by Crippen LogP contribution is -2.19. The summed E-state index contributed by atoms with van der Waals surface area (Å²) >= 11 is 0. The molecule has 0 aliphatic rings. The van der Waals surface area contributed by atoms with Gasteiger partial charge in [-0.3, -0.25) is 9.59 Å². The Labute approximate surface area is 196 Å². The molecule has 1 aromatic heterocycles. The first-order valence-corrected chi connectivity index (χ1v) is 10.5. The fraction of sp³-hybridized carbons (Fsp3) is 0.0385. The zero-order valence-electron chi connectivity index (χ0n) is 18.3. The van der Waals surface area contributed by atoms with Crippen LogP contribution in [0.5, 0.6) is 0 Å². The van der Waals surface area contributed by atoms with Gasteiger partial charge in [-0.05, 0) is 73.2 Å². The summed E-state index contributed by atoms with van der Waals surface area (Å²) in [6, 6.07) is 23.7. The lowest BCUT2D eigenvalue weighted by atomic mass is 10.1. The van der Waals surface area contributed by atoms with Gasteiger partial charge < -0.3 is 25.7 Å². The number of rotatable bonds is 6. The maximum atomic E-state index is 12.7. The molecule has 0 atom stereocenters. The molecule has 4 amide bonds. The van der Waals surface area contributed by atoms with Crippen LogP contribution < -0.4 is 21.3 Å². The predicted octanol–water partition coefficient (Wildman–Crippen LogP) is 5.74. The van der Waals surface area contributed by atoms with Gasteiger partial charge in [0.1, 0.15) is 0 Å². The number of nitrogens with one attached hydrogen (secondary N) is 4. The van der Waals surface area contributed by atoms with Crippen molar-refractivity contribution in [2.24, 2.45) is 0 Å². The molecule has 34 heavy (non-hydrogen) atoms. The van der Waals surface area contributed by atoms with Crippen LogP contribution in [0.15, 0.2) is 95.6 Å². The van der Waals surface area contributed by atoms with Gasteiger partial charge in [0.15, 0.2) is 5.76 Å². The molecular formula is C26H22N4O4. The van der Waals surface area contributed by atoms with E-state index in [1.54, 1.807) is 66.7 Å². The quantitative estimate of drug-likeness (QED) is 0.298. The third-order valence-electron chi connectivity index (χ3n) is 4.93. The van der Waals surface area contributed by atoms with Crippen molar-refractivity contribution < 1.29 is 18.8 Å². The summed E-state index contributed by atoms with van der Waals surface area (Å²) in [5.41, 5.74) is 3.51. The molecule has 0 aliphatic heterocycles. The number of furan rings is 1. The Balaban J connectivity index is 1.37. The Bertz CT molecular complexity index is 1300. The minimum absolute atomic E-state index is 0.181. The van der Waals surface area contributed by atoms with Gasteiger partial charge in [0.2, 0.25) is 0 Å². The van der Waals surface area contributed by atoms with Gasteiger partial charge in [0, 0.05) is 28.3 Å². The zero-order chi connectivity index (χ0) is 23.9. The number of para-hydroxylation sites is 1. The summed E-state index contributed by atoms with van der Waals surface area (Å²) in [5.74, 6) is -0.554. The van der Waals surface area contributed by atoms with Crippen molar-refractivity contribution in [3.05, 3.63) is 108 Å². The largest absolute Gasteiger partial charge is 0.459 e. The van der Waals surface area contributed by atoms with E-state index in [4.69, 9.17) is 4.42 Å². The molecule has 0 saturated carbocycles. The first kappa shape index (κ1) is 22.3. The number of carbonyl (C=O) groups is 3. The normalized spacial score (nSPS) is 10.3. The molecule has 8 nitrogen and oxygen atoms in total. The Kier molecular flexibility index (Phi) is 6.69. The minimum Gasteiger partial charge on any atom is -0.459 e. The van der Waals surface area contributed by atoms with Gasteiger partial charge in [0.25, 0.3) is 11.8 Å². The molecule has 0 radical (unpaired) electrons. The summed E-state index contributed by atoms with van der Waals surface area (Å²) in [6.07, 6.45) is 1.42. The molecule has 0 saturated heterocycles. The highest BCUT2D eigenvalue weighted by molar-refractivity contribution is 6.07. The number of urea groups is 1. The van der Waals surface area contributed by atoms with Crippen molar-refractivity contribution in [2.45, 2.75) is 6.92 Å². The first-order chi connectivity index (χ1) is 16.5. The average molecular weight is 454 g/mol. The van der Waals surface area contributed by atoms with Crippen molar-refractivity contribution >= 4 is 40.6 Å². The highest BCUT2D eigenvalue weighted by Crippen LogP contribution is 2.20. The molecule has 4 aromatic rings. The van der Waals surface area contributed by atoms with Gasteiger partial charge in [-0.1, -0.05) is 24.3 Å². The van der Waals surface area contributed by atoms with E-state index in [2.05, 4.69) is 21.3 Å². The lowest BCUT2D eigenvalue weighted by Gasteiger charge is -2.11. The Morgan fingerprint density at radius 1 is 0.647 bits per heavy atom. The van der Waals surface area contributed by atoms with Crippen LogP contribution in [0, 0.1) is 6.92 Å². The number of hydrogen-bond donors (Lipinski definition) is 4. The molecule has 1 heterocycles.